The van der Waals surface area contributed by atoms with Gasteiger partial charge in [0.2, 0.25) is 5.91 Å². The zero-order valence-corrected chi connectivity index (χ0v) is 19.4. The molecule has 4 rings (SSSR count). The molecule has 0 radical (unpaired) electrons. The molecule has 0 aliphatic carbocycles. The minimum atomic E-state index is -0.357. The van der Waals surface area contributed by atoms with Crippen LogP contribution in [0.3, 0.4) is 0 Å². The Morgan fingerprint density at radius 3 is 2.47 bits per heavy atom. The van der Waals surface area contributed by atoms with Gasteiger partial charge in [0.05, 0.1) is 13.4 Å². The Morgan fingerprint density at radius 2 is 1.81 bits per heavy atom. The fraction of sp³-hybridized carbons (Fsp3) is 0.115. The zero-order valence-electron chi connectivity index (χ0n) is 17.8. The van der Waals surface area contributed by atoms with Gasteiger partial charge in [0.25, 0.3) is 0 Å². The predicted octanol–water partition coefficient (Wildman–Crippen LogP) is 7.36. The molecule has 1 heterocycles. The molecule has 0 bridgehead atoms. The Bertz CT molecular complexity index is 1320. The smallest absolute Gasteiger partial charge is 0.248 e. The number of anilines is 1. The van der Waals surface area contributed by atoms with Gasteiger partial charge >= 0.3 is 0 Å². The summed E-state index contributed by atoms with van der Waals surface area (Å²) in [4.78, 5) is 12.6. The monoisotopic (exact) mass is 493 g/mol. The second-order valence-corrected chi connectivity index (χ2v) is 8.35. The minimum Gasteiger partial charge on any atom is -0.496 e. The number of carbonyl (C=O) groups is 1. The van der Waals surface area contributed by atoms with E-state index in [0.717, 1.165) is 43.3 Å². The van der Waals surface area contributed by atoms with E-state index in [2.05, 4.69) is 21.2 Å². The van der Waals surface area contributed by atoms with Crippen LogP contribution in [0.15, 0.2) is 75.8 Å². The second kappa shape index (κ2) is 9.01. The second-order valence-electron chi connectivity index (χ2n) is 7.44. The van der Waals surface area contributed by atoms with Crippen LogP contribution >= 0.6 is 15.9 Å². The zero-order chi connectivity index (χ0) is 22.8. The first-order valence-corrected chi connectivity index (χ1v) is 10.8. The van der Waals surface area contributed by atoms with Crippen molar-refractivity contribution in [3.8, 4) is 16.9 Å². The average molecular weight is 494 g/mol. The largest absolute Gasteiger partial charge is 0.496 e. The molecule has 0 atom stereocenters. The fourth-order valence-electron chi connectivity index (χ4n) is 3.71. The van der Waals surface area contributed by atoms with Gasteiger partial charge in [-0.15, -0.1) is 0 Å². The van der Waals surface area contributed by atoms with Gasteiger partial charge in [-0.3, -0.25) is 4.79 Å². The molecule has 1 N–H and O–H groups in total. The maximum absolute atomic E-state index is 13.1. The Hall–Kier alpha value is -3.38. The lowest BCUT2D eigenvalue weighted by Crippen LogP contribution is -2.08. The summed E-state index contributed by atoms with van der Waals surface area (Å²) >= 11 is 3.47. The average Bonchev–Trinajstić information content (AvgIpc) is 3.20. The van der Waals surface area contributed by atoms with Gasteiger partial charge in [-0.1, -0.05) is 28.1 Å². The van der Waals surface area contributed by atoms with Gasteiger partial charge in [0.1, 0.15) is 17.1 Å². The van der Waals surface area contributed by atoms with E-state index >= 15 is 0 Å². The molecule has 1 aromatic heterocycles. The van der Waals surface area contributed by atoms with Gasteiger partial charge in [-0.25, -0.2) is 4.39 Å². The molecule has 4 aromatic rings. The van der Waals surface area contributed by atoms with Crippen molar-refractivity contribution >= 4 is 44.1 Å². The van der Waals surface area contributed by atoms with Crippen LogP contribution in [0.4, 0.5) is 10.1 Å². The SMILES string of the molecule is COc1c(/C(C)=C/C(=O)Nc2ccc(F)cc2)cc2c(-c3ccc(Br)cc3)coc2c1C. The maximum Gasteiger partial charge on any atom is 0.248 e. The number of fused-ring (bicyclic) bond motifs is 1. The van der Waals surface area contributed by atoms with Gasteiger partial charge in [0.15, 0.2) is 0 Å². The Labute approximate surface area is 193 Å². The van der Waals surface area contributed by atoms with E-state index in [0.29, 0.717) is 11.4 Å². The highest BCUT2D eigenvalue weighted by Gasteiger charge is 2.19. The highest BCUT2D eigenvalue weighted by atomic mass is 79.9. The molecule has 4 nitrogen and oxygen atoms in total. The number of amides is 1. The van der Waals surface area contributed by atoms with Crippen LogP contribution in [-0.2, 0) is 4.79 Å². The van der Waals surface area contributed by atoms with Crippen LogP contribution in [0.5, 0.6) is 5.75 Å². The van der Waals surface area contributed by atoms with Gasteiger partial charge in [-0.2, -0.15) is 0 Å². The lowest BCUT2D eigenvalue weighted by Gasteiger charge is -2.13. The molecule has 6 heteroatoms. The quantitative estimate of drug-likeness (QED) is 0.295. The maximum atomic E-state index is 13.1. The van der Waals surface area contributed by atoms with Crippen LogP contribution in [0.2, 0.25) is 0 Å². The lowest BCUT2D eigenvalue weighted by molar-refractivity contribution is -0.111. The summed E-state index contributed by atoms with van der Waals surface area (Å²) in [6.07, 6.45) is 3.25. The fourth-order valence-corrected chi connectivity index (χ4v) is 3.98. The number of hydrogen-bond acceptors (Lipinski definition) is 3. The first kappa shape index (κ1) is 21.8. The van der Waals surface area contributed by atoms with Crippen LogP contribution in [0.25, 0.3) is 27.7 Å². The molecular weight excluding hydrogens is 473 g/mol. The molecule has 0 aliphatic rings. The van der Waals surface area contributed by atoms with Crippen LogP contribution in [0, 0.1) is 12.7 Å². The molecule has 0 spiro atoms. The first-order chi connectivity index (χ1) is 15.4. The normalized spacial score (nSPS) is 11.6. The number of nitrogens with one attached hydrogen (secondary N) is 1. The molecule has 0 unspecified atom stereocenters. The van der Waals surface area contributed by atoms with Crippen LogP contribution < -0.4 is 10.1 Å². The number of hydrogen-bond donors (Lipinski definition) is 1. The third-order valence-electron chi connectivity index (χ3n) is 5.29. The number of rotatable bonds is 5. The summed E-state index contributed by atoms with van der Waals surface area (Å²) in [5, 5.41) is 3.69. The minimum absolute atomic E-state index is 0.311. The first-order valence-electron chi connectivity index (χ1n) is 9.97. The number of methoxy groups -OCH3 is 1. The topological polar surface area (TPSA) is 51.5 Å². The molecule has 0 aliphatic heterocycles. The van der Waals surface area contributed by atoms with E-state index in [9.17, 15) is 9.18 Å². The van der Waals surface area contributed by atoms with Crippen molar-refractivity contribution in [2.24, 2.45) is 0 Å². The lowest BCUT2D eigenvalue weighted by atomic mass is 9.96. The number of ether oxygens (including phenoxy) is 1. The predicted molar refractivity (Wildman–Crippen MR) is 129 cm³/mol. The van der Waals surface area contributed by atoms with Gasteiger partial charge in [0, 0.05) is 38.3 Å². The highest BCUT2D eigenvalue weighted by molar-refractivity contribution is 9.10. The Morgan fingerprint density at radius 1 is 1.12 bits per heavy atom. The number of allylic oxidation sites excluding steroid dienone is 1. The van der Waals surface area contributed by atoms with E-state index in [4.69, 9.17) is 9.15 Å². The number of benzene rings is 3. The highest BCUT2D eigenvalue weighted by Crippen LogP contribution is 2.40. The van der Waals surface area contributed by atoms with Crippen molar-refractivity contribution in [2.45, 2.75) is 13.8 Å². The standard InChI is InChI=1S/C26H21BrFNO3/c1-15(12-24(30)29-20-10-8-19(28)9-11-20)21-13-22-23(17-4-6-18(27)7-5-17)14-32-26(22)16(2)25(21)31-3/h4-14H,1-3H3,(H,29,30)/b15-12+. The van der Waals surface area contributed by atoms with E-state index in [1.165, 1.54) is 30.3 Å². The molecule has 0 saturated heterocycles. The summed E-state index contributed by atoms with van der Waals surface area (Å²) in [7, 11) is 1.60. The third kappa shape index (κ3) is 4.32. The van der Waals surface area contributed by atoms with Crippen molar-refractivity contribution < 1.29 is 18.3 Å². The van der Waals surface area contributed by atoms with Crippen LogP contribution in [-0.4, -0.2) is 13.0 Å². The Balaban J connectivity index is 1.75. The van der Waals surface area contributed by atoms with Crippen LogP contribution in [0.1, 0.15) is 18.1 Å². The van der Waals surface area contributed by atoms with Crippen molar-refractivity contribution in [1.29, 1.82) is 0 Å². The molecule has 3 aromatic carbocycles. The third-order valence-corrected chi connectivity index (χ3v) is 5.82. The number of aryl methyl sites for hydroxylation is 1. The van der Waals surface area contributed by atoms with Gasteiger partial charge in [-0.05, 0) is 67.4 Å². The van der Waals surface area contributed by atoms with Crippen molar-refractivity contribution in [1.82, 2.24) is 0 Å². The summed E-state index contributed by atoms with van der Waals surface area (Å²) in [6, 6.07) is 15.6. The van der Waals surface area contributed by atoms with E-state index in [1.54, 1.807) is 13.4 Å². The summed E-state index contributed by atoms with van der Waals surface area (Å²) in [5.74, 6) is -0.0169. The molecule has 1 amide bonds. The molecule has 32 heavy (non-hydrogen) atoms. The summed E-state index contributed by atoms with van der Waals surface area (Å²) in [6.45, 7) is 3.79. The summed E-state index contributed by atoms with van der Waals surface area (Å²) in [5.41, 5.74) is 5.63. The molecule has 162 valence electrons. The van der Waals surface area contributed by atoms with Gasteiger partial charge < -0.3 is 14.5 Å². The molecule has 0 saturated carbocycles. The van der Waals surface area contributed by atoms with Crippen molar-refractivity contribution in [3.63, 3.8) is 0 Å². The Kier molecular flexibility index (Phi) is 6.15. The van der Waals surface area contributed by atoms with E-state index < -0.39 is 0 Å². The van der Waals surface area contributed by atoms with Crippen molar-refractivity contribution in [3.05, 3.63) is 88.4 Å². The van der Waals surface area contributed by atoms with E-state index in [1.807, 2.05) is 44.2 Å². The molecule has 0 fully saturated rings. The molecular formula is C26H21BrFNO3. The number of halogens is 2. The van der Waals surface area contributed by atoms with Crippen molar-refractivity contribution in [2.75, 3.05) is 12.4 Å². The van der Waals surface area contributed by atoms with E-state index in [-0.39, 0.29) is 11.7 Å². The number of furan rings is 1. The summed E-state index contributed by atoms with van der Waals surface area (Å²) < 4.78 is 25.7. The number of carbonyl (C=O) groups excluding carboxylic acids is 1.